The van der Waals surface area contributed by atoms with Crippen LogP contribution in [-0.4, -0.2) is 108 Å². The minimum atomic E-state index is -1.82. The van der Waals surface area contributed by atoms with Crippen LogP contribution in [0.5, 0.6) is 0 Å². The number of hydrogen-bond acceptors (Lipinski definition) is 8. The summed E-state index contributed by atoms with van der Waals surface area (Å²) >= 11 is 0. The minimum absolute atomic E-state index is 0.156. The summed E-state index contributed by atoms with van der Waals surface area (Å²) in [5.41, 5.74) is -0.764. The number of nitrogens with one attached hydrogen (secondary N) is 2. The van der Waals surface area contributed by atoms with Crippen LogP contribution >= 0.6 is 0 Å². The number of rotatable bonds is 0. The van der Waals surface area contributed by atoms with E-state index in [4.69, 9.17) is 29.3 Å². The summed E-state index contributed by atoms with van der Waals surface area (Å²) in [6.45, 7) is 19.0. The summed E-state index contributed by atoms with van der Waals surface area (Å²) in [5.74, 6) is -1.10. The molecular formula is C24H42N4O8. The van der Waals surface area contributed by atoms with Crippen LogP contribution in [-0.2, 0) is 19.1 Å². The van der Waals surface area contributed by atoms with Gasteiger partial charge in [-0.2, -0.15) is 0 Å². The SMILES string of the molecule is CC(C)(C)OC(=O)N1C[C@H]2CNC[C@@H]2C1.CC(C)(C)OC(=O)N1C[C@H]2CNC[C@@H]2C1.O=C(O)C(=O)O. The molecule has 0 aliphatic carbocycles. The molecule has 4 heterocycles. The molecule has 206 valence electrons. The van der Waals surface area contributed by atoms with Crippen molar-refractivity contribution in [2.24, 2.45) is 23.7 Å². The molecule has 4 aliphatic heterocycles. The maximum absolute atomic E-state index is 11.8. The molecule has 0 spiro atoms. The van der Waals surface area contributed by atoms with E-state index in [9.17, 15) is 9.59 Å². The van der Waals surface area contributed by atoms with Gasteiger partial charge in [-0.1, -0.05) is 0 Å². The van der Waals surface area contributed by atoms with E-state index in [1.165, 1.54) is 0 Å². The van der Waals surface area contributed by atoms with Crippen molar-refractivity contribution in [2.45, 2.75) is 52.7 Å². The number of hydrogen-bond donors (Lipinski definition) is 4. The van der Waals surface area contributed by atoms with Gasteiger partial charge >= 0.3 is 24.1 Å². The summed E-state index contributed by atoms with van der Waals surface area (Å²) in [6, 6.07) is 0. The summed E-state index contributed by atoms with van der Waals surface area (Å²) in [4.78, 5) is 45.4. The molecule has 0 bridgehead atoms. The van der Waals surface area contributed by atoms with Gasteiger partial charge in [0.1, 0.15) is 11.2 Å². The Hall–Kier alpha value is -2.60. The van der Waals surface area contributed by atoms with Crippen LogP contribution < -0.4 is 10.6 Å². The van der Waals surface area contributed by atoms with Crippen molar-refractivity contribution in [3.63, 3.8) is 0 Å². The first-order valence-corrected chi connectivity index (χ1v) is 12.4. The van der Waals surface area contributed by atoms with E-state index in [2.05, 4.69) is 10.6 Å². The lowest BCUT2D eigenvalue weighted by molar-refractivity contribution is -0.159. The normalized spacial score (nSPS) is 26.6. The second kappa shape index (κ2) is 12.1. The average Bonchev–Trinajstić information content (AvgIpc) is 3.46. The number of ether oxygens (including phenoxy) is 2. The van der Waals surface area contributed by atoms with Gasteiger partial charge in [-0.15, -0.1) is 0 Å². The topological polar surface area (TPSA) is 158 Å². The van der Waals surface area contributed by atoms with Gasteiger partial charge in [0.25, 0.3) is 0 Å². The van der Waals surface area contributed by atoms with Gasteiger partial charge in [0, 0.05) is 52.4 Å². The van der Waals surface area contributed by atoms with E-state index in [0.29, 0.717) is 23.7 Å². The Morgan fingerprint density at radius 3 is 1.06 bits per heavy atom. The van der Waals surface area contributed by atoms with E-state index < -0.39 is 11.9 Å². The van der Waals surface area contributed by atoms with E-state index in [0.717, 1.165) is 52.4 Å². The lowest BCUT2D eigenvalue weighted by Gasteiger charge is -2.24. The van der Waals surface area contributed by atoms with Gasteiger partial charge in [0.2, 0.25) is 0 Å². The van der Waals surface area contributed by atoms with Crippen molar-refractivity contribution < 1.29 is 38.9 Å². The number of fused-ring (bicyclic) bond motifs is 2. The molecule has 0 saturated carbocycles. The molecule has 4 aliphatic rings. The maximum atomic E-state index is 11.8. The number of carbonyl (C=O) groups excluding carboxylic acids is 2. The number of nitrogens with zero attached hydrogens (tertiary/aromatic N) is 2. The third-order valence-electron chi connectivity index (χ3n) is 6.27. The Balaban J connectivity index is 0.000000208. The standard InChI is InChI=1S/2C11H20N2O2.C2H2O4/c2*1-11(2,3)15-10(14)13-6-8-4-12-5-9(8)7-13;3-1(4)2(5)6/h2*8-9,12H,4-7H2,1-3H3;(H,3,4)(H,5,6)/t2*8-,9-;/m11./s1. The van der Waals surface area contributed by atoms with Crippen LogP contribution in [0.3, 0.4) is 0 Å². The number of carboxylic acid groups (broad SMARTS) is 2. The highest BCUT2D eigenvalue weighted by Crippen LogP contribution is 2.28. The van der Waals surface area contributed by atoms with Crippen LogP contribution in [0.1, 0.15) is 41.5 Å². The fourth-order valence-corrected chi connectivity index (χ4v) is 4.66. The van der Waals surface area contributed by atoms with Crippen LogP contribution in [0, 0.1) is 23.7 Å². The summed E-state index contributed by atoms with van der Waals surface area (Å²) in [5, 5.41) is 21.5. The summed E-state index contributed by atoms with van der Waals surface area (Å²) in [6.07, 6.45) is -0.311. The van der Waals surface area contributed by atoms with Crippen molar-refractivity contribution in [1.82, 2.24) is 20.4 Å². The first kappa shape index (κ1) is 29.6. The summed E-state index contributed by atoms with van der Waals surface area (Å²) in [7, 11) is 0. The average molecular weight is 515 g/mol. The molecule has 0 radical (unpaired) electrons. The molecule has 12 heteroatoms. The Labute approximate surface area is 212 Å². The number of carbonyl (C=O) groups is 4. The van der Waals surface area contributed by atoms with Gasteiger partial charge in [-0.05, 0) is 65.2 Å². The van der Waals surface area contributed by atoms with Gasteiger partial charge in [0.15, 0.2) is 0 Å². The van der Waals surface area contributed by atoms with Crippen LogP contribution in [0.25, 0.3) is 0 Å². The zero-order valence-electron chi connectivity index (χ0n) is 22.2. The Bertz CT molecular complexity index is 717. The lowest BCUT2D eigenvalue weighted by Crippen LogP contribution is -2.37. The van der Waals surface area contributed by atoms with Crippen molar-refractivity contribution in [1.29, 1.82) is 0 Å². The highest BCUT2D eigenvalue weighted by Gasteiger charge is 2.40. The van der Waals surface area contributed by atoms with Crippen LogP contribution in [0.2, 0.25) is 0 Å². The second-order valence-electron chi connectivity index (χ2n) is 11.7. The molecule has 12 nitrogen and oxygen atoms in total. The van der Waals surface area contributed by atoms with Crippen LogP contribution in [0.15, 0.2) is 0 Å². The van der Waals surface area contributed by atoms with Crippen molar-refractivity contribution in [3.8, 4) is 0 Å². The molecule has 4 fully saturated rings. The molecule has 0 aromatic heterocycles. The highest BCUT2D eigenvalue weighted by molar-refractivity contribution is 6.27. The Morgan fingerprint density at radius 1 is 0.611 bits per heavy atom. The first-order chi connectivity index (χ1) is 16.6. The van der Waals surface area contributed by atoms with Gasteiger partial charge in [-0.3, -0.25) is 0 Å². The lowest BCUT2D eigenvalue weighted by atomic mass is 10.0. The van der Waals surface area contributed by atoms with Crippen molar-refractivity contribution >= 4 is 24.1 Å². The summed E-state index contributed by atoms with van der Waals surface area (Å²) < 4.78 is 10.7. The minimum Gasteiger partial charge on any atom is -0.473 e. The largest absolute Gasteiger partial charge is 0.473 e. The molecule has 4 rings (SSSR count). The zero-order chi connectivity index (χ0) is 27.3. The third kappa shape index (κ3) is 9.45. The van der Waals surface area contributed by atoms with E-state index in [1.807, 2.05) is 51.3 Å². The number of aliphatic carboxylic acids is 2. The van der Waals surface area contributed by atoms with Gasteiger partial charge in [0.05, 0.1) is 0 Å². The Kier molecular flexibility index (Phi) is 9.95. The molecule has 36 heavy (non-hydrogen) atoms. The van der Waals surface area contributed by atoms with Crippen molar-refractivity contribution in [2.75, 3.05) is 52.4 Å². The molecular weight excluding hydrogens is 472 g/mol. The molecule has 0 aromatic rings. The molecule has 0 unspecified atom stereocenters. The smallest absolute Gasteiger partial charge is 0.414 e. The van der Waals surface area contributed by atoms with Gasteiger partial charge in [-0.25, -0.2) is 19.2 Å². The molecule has 2 amide bonds. The Morgan fingerprint density at radius 2 is 0.861 bits per heavy atom. The van der Waals surface area contributed by atoms with E-state index >= 15 is 0 Å². The predicted octanol–water partition coefficient (Wildman–Crippen LogP) is 1.30. The second-order valence-corrected chi connectivity index (χ2v) is 11.7. The predicted molar refractivity (Wildman–Crippen MR) is 131 cm³/mol. The quantitative estimate of drug-likeness (QED) is 0.347. The third-order valence-corrected chi connectivity index (χ3v) is 6.27. The monoisotopic (exact) mass is 514 g/mol. The van der Waals surface area contributed by atoms with E-state index in [1.54, 1.807) is 0 Å². The fraction of sp³-hybridized carbons (Fsp3) is 0.833. The maximum Gasteiger partial charge on any atom is 0.414 e. The molecule has 4 saturated heterocycles. The molecule has 0 aromatic carbocycles. The molecule has 4 atom stereocenters. The number of likely N-dealkylation sites (tertiary alicyclic amines) is 2. The first-order valence-electron chi connectivity index (χ1n) is 12.4. The number of carboxylic acids is 2. The zero-order valence-corrected chi connectivity index (χ0v) is 22.2. The molecule has 4 N–H and O–H groups in total. The fourth-order valence-electron chi connectivity index (χ4n) is 4.66. The highest BCUT2D eigenvalue weighted by atomic mass is 16.6. The van der Waals surface area contributed by atoms with Crippen molar-refractivity contribution in [3.05, 3.63) is 0 Å². The van der Waals surface area contributed by atoms with Gasteiger partial charge < -0.3 is 40.1 Å². The number of amides is 2. The van der Waals surface area contributed by atoms with Crippen LogP contribution in [0.4, 0.5) is 9.59 Å². The van der Waals surface area contributed by atoms with E-state index in [-0.39, 0.29) is 23.4 Å².